The molecule has 104 valence electrons. The Bertz CT molecular complexity index is 558. The van der Waals surface area contributed by atoms with Crippen molar-refractivity contribution in [2.75, 3.05) is 18.5 Å². The molecule has 0 saturated carbocycles. The second-order valence-electron chi connectivity index (χ2n) is 4.21. The molecule has 20 heavy (non-hydrogen) atoms. The lowest BCUT2D eigenvalue weighted by atomic mass is 10.3. The van der Waals surface area contributed by atoms with Gasteiger partial charge in [0, 0.05) is 5.69 Å². The number of carbonyl (C=O) groups is 1. The van der Waals surface area contributed by atoms with Crippen molar-refractivity contribution in [2.45, 2.75) is 6.92 Å². The first-order chi connectivity index (χ1) is 9.74. The van der Waals surface area contributed by atoms with Gasteiger partial charge in [-0.2, -0.15) is 0 Å². The summed E-state index contributed by atoms with van der Waals surface area (Å²) in [4.78, 5) is 15.8. The molecule has 2 rings (SSSR count). The summed E-state index contributed by atoms with van der Waals surface area (Å²) < 4.78 is 5.47. The third-order valence-electron chi connectivity index (χ3n) is 2.53. The van der Waals surface area contributed by atoms with Gasteiger partial charge < -0.3 is 10.1 Å². The minimum absolute atomic E-state index is 0.292. The van der Waals surface area contributed by atoms with Crippen LogP contribution in [0.3, 0.4) is 0 Å². The van der Waals surface area contributed by atoms with Crippen LogP contribution >= 0.6 is 0 Å². The molecule has 1 heterocycles. The smallest absolute Gasteiger partial charge is 0.320 e. The Kier molecular flexibility index (Phi) is 4.94. The second kappa shape index (κ2) is 7.13. The maximum absolute atomic E-state index is 11.6. The fraction of sp³-hybridized carbons (Fsp3) is 0.200. The SMILES string of the molecule is Cc1cccc(NC(=O)NCCOc2ccccc2)n1. The lowest BCUT2D eigenvalue weighted by Gasteiger charge is -2.08. The van der Waals surface area contributed by atoms with Crippen LogP contribution in [-0.2, 0) is 0 Å². The fourth-order valence-corrected chi connectivity index (χ4v) is 1.62. The van der Waals surface area contributed by atoms with Crippen molar-refractivity contribution in [3.63, 3.8) is 0 Å². The summed E-state index contributed by atoms with van der Waals surface area (Å²) in [6, 6.07) is 14.6. The Morgan fingerprint density at radius 3 is 2.70 bits per heavy atom. The number of nitrogens with zero attached hydrogens (tertiary/aromatic N) is 1. The molecule has 0 aliphatic carbocycles. The van der Waals surface area contributed by atoms with Gasteiger partial charge in [-0.05, 0) is 31.2 Å². The van der Waals surface area contributed by atoms with Gasteiger partial charge in [-0.25, -0.2) is 9.78 Å². The first-order valence-corrected chi connectivity index (χ1v) is 6.40. The highest BCUT2D eigenvalue weighted by molar-refractivity contribution is 5.88. The Morgan fingerprint density at radius 1 is 1.15 bits per heavy atom. The molecular formula is C15H17N3O2. The summed E-state index contributed by atoms with van der Waals surface area (Å²) in [5.41, 5.74) is 0.857. The fourth-order valence-electron chi connectivity index (χ4n) is 1.62. The van der Waals surface area contributed by atoms with E-state index in [0.717, 1.165) is 11.4 Å². The van der Waals surface area contributed by atoms with E-state index in [2.05, 4.69) is 15.6 Å². The summed E-state index contributed by atoms with van der Waals surface area (Å²) in [5, 5.41) is 5.37. The topological polar surface area (TPSA) is 63.2 Å². The van der Waals surface area contributed by atoms with Crippen LogP contribution in [0.4, 0.5) is 10.6 Å². The highest BCUT2D eigenvalue weighted by atomic mass is 16.5. The lowest BCUT2D eigenvalue weighted by molar-refractivity contribution is 0.247. The van der Waals surface area contributed by atoms with Crippen LogP contribution in [-0.4, -0.2) is 24.2 Å². The van der Waals surface area contributed by atoms with Crippen LogP contribution in [0.1, 0.15) is 5.69 Å². The van der Waals surface area contributed by atoms with E-state index in [1.165, 1.54) is 0 Å². The van der Waals surface area contributed by atoms with E-state index in [-0.39, 0.29) is 6.03 Å². The van der Waals surface area contributed by atoms with Gasteiger partial charge in [-0.15, -0.1) is 0 Å². The van der Waals surface area contributed by atoms with Crippen LogP contribution in [0, 0.1) is 6.92 Å². The van der Waals surface area contributed by atoms with Gasteiger partial charge in [0.25, 0.3) is 0 Å². The molecular weight excluding hydrogens is 254 g/mol. The summed E-state index contributed by atoms with van der Waals surface area (Å²) in [7, 11) is 0. The largest absolute Gasteiger partial charge is 0.492 e. The molecule has 0 radical (unpaired) electrons. The van der Waals surface area contributed by atoms with Crippen molar-refractivity contribution < 1.29 is 9.53 Å². The molecule has 0 spiro atoms. The van der Waals surface area contributed by atoms with E-state index >= 15 is 0 Å². The van der Waals surface area contributed by atoms with Gasteiger partial charge in [0.15, 0.2) is 0 Å². The maximum Gasteiger partial charge on any atom is 0.320 e. The quantitative estimate of drug-likeness (QED) is 0.822. The number of hydrogen-bond donors (Lipinski definition) is 2. The van der Waals surface area contributed by atoms with Gasteiger partial charge in [0.05, 0.1) is 6.54 Å². The predicted molar refractivity (Wildman–Crippen MR) is 77.9 cm³/mol. The molecule has 5 nitrogen and oxygen atoms in total. The number of benzene rings is 1. The number of aryl methyl sites for hydroxylation is 1. The van der Waals surface area contributed by atoms with Crippen molar-refractivity contribution >= 4 is 11.8 Å². The average molecular weight is 271 g/mol. The number of hydrogen-bond acceptors (Lipinski definition) is 3. The number of amides is 2. The van der Waals surface area contributed by atoms with Crippen molar-refractivity contribution in [1.82, 2.24) is 10.3 Å². The molecule has 0 saturated heterocycles. The number of nitrogens with one attached hydrogen (secondary N) is 2. The third kappa shape index (κ3) is 4.61. The lowest BCUT2D eigenvalue weighted by Crippen LogP contribution is -2.32. The molecule has 5 heteroatoms. The van der Waals surface area contributed by atoms with Crippen molar-refractivity contribution in [3.05, 3.63) is 54.2 Å². The number of anilines is 1. The molecule has 2 amide bonds. The number of pyridine rings is 1. The van der Waals surface area contributed by atoms with Crippen molar-refractivity contribution in [2.24, 2.45) is 0 Å². The van der Waals surface area contributed by atoms with Gasteiger partial charge in [0.1, 0.15) is 18.2 Å². The Morgan fingerprint density at radius 2 is 1.95 bits per heavy atom. The van der Waals surface area contributed by atoms with Crippen LogP contribution in [0.25, 0.3) is 0 Å². The average Bonchev–Trinajstić information content (AvgIpc) is 2.45. The minimum Gasteiger partial charge on any atom is -0.492 e. The van der Waals surface area contributed by atoms with E-state index in [4.69, 9.17) is 4.74 Å². The van der Waals surface area contributed by atoms with Crippen LogP contribution in [0.2, 0.25) is 0 Å². The van der Waals surface area contributed by atoms with Gasteiger partial charge in [-0.1, -0.05) is 24.3 Å². The molecule has 0 unspecified atom stereocenters. The van der Waals surface area contributed by atoms with E-state index in [1.807, 2.05) is 49.4 Å². The first kappa shape index (κ1) is 13.9. The highest BCUT2D eigenvalue weighted by Crippen LogP contribution is 2.07. The standard InChI is InChI=1S/C15H17N3O2/c1-12-6-5-9-14(17-12)18-15(19)16-10-11-20-13-7-3-2-4-8-13/h2-9H,10-11H2,1H3,(H2,16,17,18,19). The molecule has 0 bridgehead atoms. The number of carbonyl (C=O) groups excluding carboxylic acids is 1. The molecule has 0 aliphatic rings. The molecule has 0 atom stereocenters. The van der Waals surface area contributed by atoms with E-state index in [9.17, 15) is 4.79 Å². The summed E-state index contributed by atoms with van der Waals surface area (Å²) in [6.45, 7) is 2.71. The summed E-state index contributed by atoms with van der Waals surface area (Å²) in [6.07, 6.45) is 0. The van der Waals surface area contributed by atoms with Gasteiger partial charge >= 0.3 is 6.03 Å². The zero-order valence-electron chi connectivity index (χ0n) is 11.3. The van der Waals surface area contributed by atoms with Crippen LogP contribution in [0.5, 0.6) is 5.75 Å². The Labute approximate surface area is 118 Å². The number of aromatic nitrogens is 1. The summed E-state index contributed by atoms with van der Waals surface area (Å²) in [5.74, 6) is 1.32. The van der Waals surface area contributed by atoms with Crippen LogP contribution in [0.15, 0.2) is 48.5 Å². The highest BCUT2D eigenvalue weighted by Gasteiger charge is 2.02. The predicted octanol–water partition coefficient (Wildman–Crippen LogP) is 2.59. The van der Waals surface area contributed by atoms with Gasteiger partial charge in [0.2, 0.25) is 0 Å². The third-order valence-corrected chi connectivity index (χ3v) is 2.53. The Balaban J connectivity index is 1.68. The van der Waals surface area contributed by atoms with Gasteiger partial charge in [-0.3, -0.25) is 5.32 Å². The zero-order chi connectivity index (χ0) is 14.2. The molecule has 2 aromatic rings. The van der Waals surface area contributed by atoms with E-state index < -0.39 is 0 Å². The summed E-state index contributed by atoms with van der Waals surface area (Å²) >= 11 is 0. The van der Waals surface area contributed by atoms with E-state index in [1.54, 1.807) is 6.07 Å². The zero-order valence-corrected chi connectivity index (χ0v) is 11.3. The normalized spacial score (nSPS) is 9.85. The number of ether oxygens (including phenoxy) is 1. The molecule has 2 N–H and O–H groups in total. The van der Waals surface area contributed by atoms with Crippen LogP contribution < -0.4 is 15.4 Å². The number of para-hydroxylation sites is 1. The maximum atomic E-state index is 11.6. The molecule has 1 aromatic heterocycles. The second-order valence-corrected chi connectivity index (χ2v) is 4.21. The molecule has 0 aliphatic heterocycles. The monoisotopic (exact) mass is 271 g/mol. The molecule has 0 fully saturated rings. The Hall–Kier alpha value is -2.56. The van der Waals surface area contributed by atoms with Crippen molar-refractivity contribution in [3.8, 4) is 5.75 Å². The van der Waals surface area contributed by atoms with E-state index in [0.29, 0.717) is 19.0 Å². The first-order valence-electron chi connectivity index (χ1n) is 6.40. The molecule has 1 aromatic carbocycles. The minimum atomic E-state index is -0.292. The number of urea groups is 1. The van der Waals surface area contributed by atoms with Crippen molar-refractivity contribution in [1.29, 1.82) is 0 Å². The number of rotatable bonds is 5.